The van der Waals surface area contributed by atoms with Gasteiger partial charge in [0.2, 0.25) is 0 Å². The maximum absolute atomic E-state index is 6.12. The van der Waals surface area contributed by atoms with E-state index in [1.165, 1.54) is 19.3 Å². The Morgan fingerprint density at radius 3 is 1.94 bits per heavy atom. The average Bonchev–Trinajstić information content (AvgIpc) is 2.06. The molecule has 0 bridgehead atoms. The van der Waals surface area contributed by atoms with Gasteiger partial charge in [-0.3, -0.25) is 4.90 Å². The van der Waals surface area contributed by atoms with E-state index in [9.17, 15) is 0 Å². The Bertz CT molecular complexity index is 260. The van der Waals surface area contributed by atoms with Crippen molar-refractivity contribution in [3.8, 4) is 0 Å². The first kappa shape index (κ1) is 13.3. The van der Waals surface area contributed by atoms with Crippen molar-refractivity contribution in [2.45, 2.75) is 58.2 Å². The average molecular weight is 240 g/mol. The molecule has 2 rings (SSSR count). The Morgan fingerprint density at radius 2 is 1.59 bits per heavy atom. The summed E-state index contributed by atoms with van der Waals surface area (Å²) in [6, 6.07) is 0. The highest BCUT2D eigenvalue weighted by molar-refractivity contribution is 4.96. The summed E-state index contributed by atoms with van der Waals surface area (Å²) in [5.41, 5.74) is 6.29. The molecule has 3 nitrogen and oxygen atoms in total. The van der Waals surface area contributed by atoms with E-state index in [1.807, 2.05) is 0 Å². The monoisotopic (exact) mass is 240 g/mol. The van der Waals surface area contributed by atoms with Crippen LogP contribution in [0.2, 0.25) is 0 Å². The molecule has 1 heterocycles. The Morgan fingerprint density at radius 1 is 1.06 bits per heavy atom. The lowest BCUT2D eigenvalue weighted by Crippen LogP contribution is -2.60. The third-order valence-corrected chi connectivity index (χ3v) is 4.17. The minimum atomic E-state index is -0.0404. The molecule has 1 aliphatic heterocycles. The molecular weight excluding hydrogens is 212 g/mol. The van der Waals surface area contributed by atoms with Gasteiger partial charge in [-0.15, -0.1) is 0 Å². The zero-order valence-corrected chi connectivity index (χ0v) is 11.9. The molecule has 0 atom stereocenters. The van der Waals surface area contributed by atoms with Crippen molar-refractivity contribution >= 4 is 0 Å². The van der Waals surface area contributed by atoms with Gasteiger partial charge in [-0.05, 0) is 52.5 Å². The maximum Gasteiger partial charge on any atom is 0.0760 e. The fraction of sp³-hybridized carbons (Fsp3) is 1.00. The number of rotatable bonds is 3. The van der Waals surface area contributed by atoms with Crippen molar-refractivity contribution in [2.75, 3.05) is 26.2 Å². The van der Waals surface area contributed by atoms with E-state index in [-0.39, 0.29) is 11.2 Å². The minimum absolute atomic E-state index is 0.0404. The second kappa shape index (κ2) is 4.22. The topological polar surface area (TPSA) is 38.5 Å². The Balaban J connectivity index is 2.01. The molecule has 1 aliphatic carbocycles. The molecule has 0 aromatic carbocycles. The summed E-state index contributed by atoms with van der Waals surface area (Å²) in [6.07, 6.45) is 3.97. The van der Waals surface area contributed by atoms with Gasteiger partial charge in [-0.2, -0.15) is 0 Å². The Kier molecular flexibility index (Phi) is 3.30. The first-order valence-corrected chi connectivity index (χ1v) is 6.89. The van der Waals surface area contributed by atoms with Crippen LogP contribution in [0.1, 0.15) is 47.0 Å². The number of hydrogen-bond acceptors (Lipinski definition) is 3. The number of nitrogens with two attached hydrogens (primary N) is 1. The molecule has 2 N–H and O–H groups in total. The summed E-state index contributed by atoms with van der Waals surface area (Å²) in [5, 5.41) is 0. The standard InChI is InChI=1S/C14H28N2O/c1-12(2)9-16(10-13(3,4)17-12)11-14(8-15)6-5-7-14/h5-11,15H2,1-4H3. The number of nitrogens with zero attached hydrogens (tertiary/aromatic N) is 1. The molecule has 0 radical (unpaired) electrons. The molecular formula is C14H28N2O. The summed E-state index contributed by atoms with van der Waals surface area (Å²) in [5.74, 6) is 0. The van der Waals surface area contributed by atoms with Crippen LogP contribution >= 0.6 is 0 Å². The predicted octanol–water partition coefficient (Wildman–Crippen LogP) is 2.00. The summed E-state index contributed by atoms with van der Waals surface area (Å²) < 4.78 is 6.12. The SMILES string of the molecule is CC1(C)CN(CC2(CN)CCC2)CC(C)(C)O1. The van der Waals surface area contributed by atoms with Gasteiger partial charge in [0.25, 0.3) is 0 Å². The van der Waals surface area contributed by atoms with Crippen LogP contribution in [-0.4, -0.2) is 42.3 Å². The van der Waals surface area contributed by atoms with E-state index >= 15 is 0 Å². The van der Waals surface area contributed by atoms with E-state index in [2.05, 4.69) is 32.6 Å². The highest BCUT2D eigenvalue weighted by Gasteiger charge is 2.43. The molecule has 2 aliphatic rings. The molecule has 2 fully saturated rings. The van der Waals surface area contributed by atoms with Crippen molar-refractivity contribution in [3.05, 3.63) is 0 Å². The normalized spacial score (nSPS) is 30.9. The zero-order chi connectivity index (χ0) is 12.7. The fourth-order valence-corrected chi connectivity index (χ4v) is 3.64. The number of hydrogen-bond donors (Lipinski definition) is 1. The largest absolute Gasteiger partial charge is 0.367 e. The summed E-state index contributed by atoms with van der Waals surface area (Å²) in [6.45, 7) is 12.8. The molecule has 3 heteroatoms. The first-order valence-electron chi connectivity index (χ1n) is 6.89. The van der Waals surface area contributed by atoms with Crippen LogP contribution in [0.3, 0.4) is 0 Å². The highest BCUT2D eigenvalue weighted by atomic mass is 16.5. The quantitative estimate of drug-likeness (QED) is 0.820. The molecule has 0 amide bonds. The van der Waals surface area contributed by atoms with Crippen LogP contribution in [0, 0.1) is 5.41 Å². The van der Waals surface area contributed by atoms with Gasteiger partial charge >= 0.3 is 0 Å². The van der Waals surface area contributed by atoms with E-state index < -0.39 is 0 Å². The summed E-state index contributed by atoms with van der Waals surface area (Å²) >= 11 is 0. The van der Waals surface area contributed by atoms with Gasteiger partial charge in [-0.1, -0.05) is 6.42 Å². The van der Waals surface area contributed by atoms with Crippen LogP contribution in [0.5, 0.6) is 0 Å². The van der Waals surface area contributed by atoms with Crippen LogP contribution < -0.4 is 5.73 Å². The smallest absolute Gasteiger partial charge is 0.0760 e. The lowest BCUT2D eigenvalue weighted by Gasteiger charge is -2.51. The van der Waals surface area contributed by atoms with Crippen molar-refractivity contribution in [1.82, 2.24) is 4.90 Å². The Hall–Kier alpha value is -0.120. The van der Waals surface area contributed by atoms with Gasteiger partial charge in [-0.25, -0.2) is 0 Å². The van der Waals surface area contributed by atoms with Crippen molar-refractivity contribution in [2.24, 2.45) is 11.1 Å². The van der Waals surface area contributed by atoms with E-state index in [0.717, 1.165) is 26.2 Å². The third kappa shape index (κ3) is 3.01. The number of morpholine rings is 1. The second-order valence-electron chi connectivity index (χ2n) is 7.32. The minimum Gasteiger partial charge on any atom is -0.367 e. The molecule has 1 saturated carbocycles. The molecule has 100 valence electrons. The van der Waals surface area contributed by atoms with Crippen molar-refractivity contribution in [3.63, 3.8) is 0 Å². The summed E-state index contributed by atoms with van der Waals surface area (Å²) in [7, 11) is 0. The molecule has 0 aromatic heterocycles. The van der Waals surface area contributed by atoms with Crippen molar-refractivity contribution < 1.29 is 4.74 Å². The first-order chi connectivity index (χ1) is 7.76. The predicted molar refractivity (Wildman–Crippen MR) is 71.0 cm³/mol. The molecule has 1 saturated heterocycles. The van der Waals surface area contributed by atoms with Crippen molar-refractivity contribution in [1.29, 1.82) is 0 Å². The fourth-order valence-electron chi connectivity index (χ4n) is 3.64. The van der Waals surface area contributed by atoms with E-state index in [1.54, 1.807) is 0 Å². The van der Waals surface area contributed by atoms with Crippen LogP contribution in [0.15, 0.2) is 0 Å². The molecule has 0 aromatic rings. The highest BCUT2D eigenvalue weighted by Crippen LogP contribution is 2.42. The lowest BCUT2D eigenvalue weighted by atomic mass is 9.68. The second-order valence-corrected chi connectivity index (χ2v) is 7.32. The molecule has 17 heavy (non-hydrogen) atoms. The van der Waals surface area contributed by atoms with E-state index in [4.69, 9.17) is 10.5 Å². The zero-order valence-electron chi connectivity index (χ0n) is 11.9. The maximum atomic E-state index is 6.12. The summed E-state index contributed by atoms with van der Waals surface area (Å²) in [4.78, 5) is 2.56. The van der Waals surface area contributed by atoms with Gasteiger partial charge in [0.15, 0.2) is 0 Å². The van der Waals surface area contributed by atoms with Gasteiger partial charge in [0.1, 0.15) is 0 Å². The van der Waals surface area contributed by atoms with Gasteiger partial charge in [0.05, 0.1) is 11.2 Å². The van der Waals surface area contributed by atoms with Crippen LogP contribution in [0.25, 0.3) is 0 Å². The number of ether oxygens (including phenoxy) is 1. The molecule has 0 unspecified atom stereocenters. The van der Waals surface area contributed by atoms with Gasteiger partial charge < -0.3 is 10.5 Å². The van der Waals surface area contributed by atoms with Crippen LogP contribution in [-0.2, 0) is 4.74 Å². The third-order valence-electron chi connectivity index (χ3n) is 4.17. The molecule has 0 spiro atoms. The van der Waals surface area contributed by atoms with Crippen LogP contribution in [0.4, 0.5) is 0 Å². The van der Waals surface area contributed by atoms with Gasteiger partial charge in [0, 0.05) is 19.6 Å². The Labute approximate surface area is 106 Å². The van der Waals surface area contributed by atoms with E-state index in [0.29, 0.717) is 5.41 Å². The lowest BCUT2D eigenvalue weighted by molar-refractivity contribution is -0.186.